The van der Waals surface area contributed by atoms with Crippen LogP contribution < -0.4 is 10.2 Å². The minimum Gasteiger partial charge on any atom is -0.468 e. The number of nitrogens with zero attached hydrogens (tertiary/aromatic N) is 2. The van der Waals surface area contributed by atoms with Gasteiger partial charge in [-0.05, 0) is 62.2 Å². The molecule has 3 heterocycles. The van der Waals surface area contributed by atoms with Crippen molar-refractivity contribution in [2.24, 2.45) is 0 Å². The van der Waals surface area contributed by atoms with Crippen LogP contribution in [0.15, 0.2) is 47.1 Å². The normalized spacial score (nSPS) is 18.6. The molecule has 1 aromatic carbocycles. The minimum atomic E-state index is 0.000696. The molecule has 1 aromatic heterocycles. The van der Waals surface area contributed by atoms with E-state index >= 15 is 0 Å². The summed E-state index contributed by atoms with van der Waals surface area (Å²) >= 11 is 0. The molecule has 0 bridgehead atoms. The quantitative estimate of drug-likeness (QED) is 0.801. The van der Waals surface area contributed by atoms with Crippen molar-refractivity contribution in [2.75, 3.05) is 31.1 Å². The van der Waals surface area contributed by atoms with Crippen LogP contribution in [0.3, 0.4) is 0 Å². The van der Waals surface area contributed by atoms with Crippen molar-refractivity contribution >= 4 is 17.5 Å². The summed E-state index contributed by atoms with van der Waals surface area (Å²) < 4.78 is 5.60. The van der Waals surface area contributed by atoms with Crippen molar-refractivity contribution in [3.63, 3.8) is 0 Å². The van der Waals surface area contributed by atoms with Gasteiger partial charge in [0.2, 0.25) is 11.8 Å². The fourth-order valence-electron chi connectivity index (χ4n) is 4.12. The summed E-state index contributed by atoms with van der Waals surface area (Å²) in [4.78, 5) is 28.5. The molecule has 2 fully saturated rings. The first-order valence-electron chi connectivity index (χ1n) is 10.1. The molecular formula is C22H27N3O3. The summed E-state index contributed by atoms with van der Waals surface area (Å²) in [5.41, 5.74) is 1.86. The Morgan fingerprint density at radius 1 is 1.07 bits per heavy atom. The third-order valence-electron chi connectivity index (χ3n) is 5.63. The number of likely N-dealkylation sites (tertiary alicyclic amines) is 1. The van der Waals surface area contributed by atoms with Crippen LogP contribution >= 0.6 is 0 Å². The van der Waals surface area contributed by atoms with Gasteiger partial charge in [0.1, 0.15) is 5.76 Å². The molecule has 2 amide bonds. The van der Waals surface area contributed by atoms with Gasteiger partial charge in [0.05, 0.1) is 18.7 Å². The molecule has 0 aliphatic carbocycles. The number of furan rings is 1. The summed E-state index contributed by atoms with van der Waals surface area (Å²) in [5, 5.41) is 3.07. The first-order valence-corrected chi connectivity index (χ1v) is 10.1. The number of carbonyl (C=O) groups is 2. The molecule has 6 heteroatoms. The third kappa shape index (κ3) is 4.28. The second-order valence-corrected chi connectivity index (χ2v) is 7.57. The predicted molar refractivity (Wildman–Crippen MR) is 107 cm³/mol. The number of hydrogen-bond acceptors (Lipinski definition) is 4. The lowest BCUT2D eigenvalue weighted by molar-refractivity contribution is -0.120. The summed E-state index contributed by atoms with van der Waals surface area (Å²) in [6.45, 7) is 3.41. The van der Waals surface area contributed by atoms with Crippen molar-refractivity contribution < 1.29 is 14.0 Å². The van der Waals surface area contributed by atoms with Gasteiger partial charge in [-0.25, -0.2) is 0 Å². The first-order chi connectivity index (χ1) is 13.7. The highest BCUT2D eigenvalue weighted by molar-refractivity contribution is 5.95. The molecule has 6 nitrogen and oxygen atoms in total. The molecule has 2 aromatic rings. The van der Waals surface area contributed by atoms with Gasteiger partial charge in [0.25, 0.3) is 0 Å². The Morgan fingerprint density at radius 3 is 2.50 bits per heavy atom. The smallest absolute Gasteiger partial charge is 0.227 e. The Bertz CT molecular complexity index is 795. The Kier molecular flexibility index (Phi) is 5.76. The fraction of sp³-hybridized carbons (Fsp3) is 0.455. The number of amides is 2. The minimum absolute atomic E-state index is 0.000696. The molecule has 1 atom stereocenters. The third-order valence-corrected chi connectivity index (χ3v) is 5.63. The van der Waals surface area contributed by atoms with Crippen LogP contribution in [0, 0.1) is 0 Å². The largest absolute Gasteiger partial charge is 0.468 e. The zero-order chi connectivity index (χ0) is 19.3. The predicted octanol–water partition coefficient (Wildman–Crippen LogP) is 2.90. The Hall–Kier alpha value is -2.60. The van der Waals surface area contributed by atoms with Gasteiger partial charge in [-0.1, -0.05) is 12.1 Å². The van der Waals surface area contributed by atoms with Crippen LogP contribution in [0.1, 0.15) is 43.0 Å². The van der Waals surface area contributed by atoms with Gasteiger partial charge < -0.3 is 14.6 Å². The molecule has 1 N–H and O–H groups in total. The van der Waals surface area contributed by atoms with E-state index in [1.54, 1.807) is 6.26 Å². The Balaban J connectivity index is 1.32. The lowest BCUT2D eigenvalue weighted by atomic mass is 10.1. The second kappa shape index (κ2) is 8.61. The Labute approximate surface area is 165 Å². The maximum Gasteiger partial charge on any atom is 0.227 e. The first kappa shape index (κ1) is 18.7. The zero-order valence-electron chi connectivity index (χ0n) is 16.1. The van der Waals surface area contributed by atoms with E-state index in [-0.39, 0.29) is 17.9 Å². The molecule has 28 heavy (non-hydrogen) atoms. The maximum absolute atomic E-state index is 12.5. The summed E-state index contributed by atoms with van der Waals surface area (Å²) in [7, 11) is 0. The number of hydrogen-bond donors (Lipinski definition) is 1. The molecule has 0 spiro atoms. The molecule has 2 aliphatic heterocycles. The van der Waals surface area contributed by atoms with Gasteiger partial charge in [-0.2, -0.15) is 0 Å². The number of nitrogens with one attached hydrogen (secondary N) is 1. The maximum atomic E-state index is 12.5. The van der Waals surface area contributed by atoms with Crippen molar-refractivity contribution in [3.05, 3.63) is 54.0 Å². The number of rotatable bonds is 7. The van der Waals surface area contributed by atoms with Gasteiger partial charge in [0, 0.05) is 25.2 Å². The van der Waals surface area contributed by atoms with E-state index in [1.807, 2.05) is 41.3 Å². The van der Waals surface area contributed by atoms with Gasteiger partial charge in [0.15, 0.2) is 0 Å². The van der Waals surface area contributed by atoms with Crippen molar-refractivity contribution in [1.29, 1.82) is 0 Å². The standard InChI is InChI=1S/C22H27N3O3/c26-21(15-17-7-9-18(10-8-17)25-13-3-6-22(25)27)23-16-19(20-5-4-14-28-20)24-11-1-2-12-24/h4-5,7-10,14,19H,1-3,6,11-13,15-16H2,(H,23,26)/t19-/m0/s1. The molecule has 0 radical (unpaired) electrons. The highest BCUT2D eigenvalue weighted by Crippen LogP contribution is 2.25. The van der Waals surface area contributed by atoms with E-state index < -0.39 is 0 Å². The highest BCUT2D eigenvalue weighted by atomic mass is 16.3. The SMILES string of the molecule is O=C(Cc1ccc(N2CCCC2=O)cc1)NC[C@@H](c1ccco1)N1CCCC1. The molecule has 2 aliphatic rings. The van der Waals surface area contributed by atoms with Crippen LogP contribution in [0.2, 0.25) is 0 Å². The number of benzene rings is 1. The van der Waals surface area contributed by atoms with E-state index in [4.69, 9.17) is 4.42 Å². The molecule has 2 saturated heterocycles. The zero-order valence-corrected chi connectivity index (χ0v) is 16.1. The molecule has 148 valence electrons. The summed E-state index contributed by atoms with van der Waals surface area (Å²) in [5.74, 6) is 1.08. The van der Waals surface area contributed by atoms with E-state index in [0.29, 0.717) is 19.4 Å². The van der Waals surface area contributed by atoms with E-state index in [2.05, 4.69) is 10.2 Å². The van der Waals surface area contributed by atoms with Crippen molar-refractivity contribution in [3.8, 4) is 0 Å². The van der Waals surface area contributed by atoms with Crippen molar-refractivity contribution in [2.45, 2.75) is 38.1 Å². The highest BCUT2D eigenvalue weighted by Gasteiger charge is 2.26. The summed E-state index contributed by atoms with van der Waals surface area (Å²) in [6, 6.07) is 11.7. The number of anilines is 1. The molecular weight excluding hydrogens is 354 g/mol. The van der Waals surface area contributed by atoms with E-state index in [9.17, 15) is 9.59 Å². The van der Waals surface area contributed by atoms with Gasteiger partial charge in [-0.15, -0.1) is 0 Å². The molecule has 0 saturated carbocycles. The van der Waals surface area contributed by atoms with Crippen LogP contribution in [-0.2, 0) is 16.0 Å². The average molecular weight is 381 g/mol. The average Bonchev–Trinajstić information content (AvgIpc) is 3.46. The van der Waals surface area contributed by atoms with Crippen LogP contribution in [-0.4, -0.2) is 42.9 Å². The summed E-state index contributed by atoms with van der Waals surface area (Å²) in [6.07, 6.45) is 5.94. The van der Waals surface area contributed by atoms with E-state index in [0.717, 1.165) is 43.1 Å². The van der Waals surface area contributed by atoms with Crippen LogP contribution in [0.4, 0.5) is 5.69 Å². The number of carbonyl (C=O) groups excluding carboxylic acids is 2. The monoisotopic (exact) mass is 381 g/mol. The van der Waals surface area contributed by atoms with Crippen molar-refractivity contribution in [1.82, 2.24) is 10.2 Å². The Morgan fingerprint density at radius 2 is 1.86 bits per heavy atom. The lowest BCUT2D eigenvalue weighted by Gasteiger charge is -2.26. The van der Waals surface area contributed by atoms with Crippen LogP contribution in [0.25, 0.3) is 0 Å². The topological polar surface area (TPSA) is 65.8 Å². The van der Waals surface area contributed by atoms with Gasteiger partial charge >= 0.3 is 0 Å². The second-order valence-electron chi connectivity index (χ2n) is 7.57. The molecule has 4 rings (SSSR count). The fourth-order valence-corrected chi connectivity index (χ4v) is 4.12. The van der Waals surface area contributed by atoms with E-state index in [1.165, 1.54) is 12.8 Å². The molecule has 0 unspecified atom stereocenters. The lowest BCUT2D eigenvalue weighted by Crippen LogP contribution is -2.37. The van der Waals surface area contributed by atoms with Gasteiger partial charge in [-0.3, -0.25) is 14.5 Å². The van der Waals surface area contributed by atoms with Crippen LogP contribution in [0.5, 0.6) is 0 Å².